The molecule has 0 aliphatic heterocycles. The molecular formula is C11H23N5O2S. The molecule has 0 fully saturated rings. The van der Waals surface area contributed by atoms with Crippen LogP contribution in [0.2, 0.25) is 0 Å². The molecule has 0 aromatic carbocycles. The van der Waals surface area contributed by atoms with Crippen molar-refractivity contribution in [3.05, 3.63) is 12.3 Å². The number of rotatable bonds is 9. The maximum Gasteiger partial charge on any atom is 0.302 e. The highest BCUT2D eigenvalue weighted by Crippen LogP contribution is 2.07. The van der Waals surface area contributed by atoms with Gasteiger partial charge in [0.2, 0.25) is 0 Å². The van der Waals surface area contributed by atoms with Crippen LogP contribution in [0.3, 0.4) is 0 Å². The highest BCUT2D eigenvalue weighted by molar-refractivity contribution is 7.90. The van der Waals surface area contributed by atoms with Gasteiger partial charge in [-0.1, -0.05) is 6.92 Å². The molecule has 19 heavy (non-hydrogen) atoms. The van der Waals surface area contributed by atoms with E-state index in [0.29, 0.717) is 12.4 Å². The normalized spacial score (nSPS) is 12.0. The van der Waals surface area contributed by atoms with E-state index in [1.54, 1.807) is 31.0 Å². The van der Waals surface area contributed by atoms with Gasteiger partial charge in [-0.3, -0.25) is 9.40 Å². The van der Waals surface area contributed by atoms with Crippen molar-refractivity contribution < 1.29 is 8.42 Å². The molecule has 1 aromatic heterocycles. The minimum Gasteiger partial charge on any atom is -0.317 e. The van der Waals surface area contributed by atoms with Gasteiger partial charge in [-0.05, 0) is 25.9 Å². The van der Waals surface area contributed by atoms with Gasteiger partial charge >= 0.3 is 10.2 Å². The van der Waals surface area contributed by atoms with Gasteiger partial charge in [0.15, 0.2) is 5.82 Å². The molecule has 0 amide bonds. The number of nitrogens with zero attached hydrogens (tertiary/aromatic N) is 3. The van der Waals surface area contributed by atoms with Crippen LogP contribution in [0.1, 0.15) is 19.8 Å². The van der Waals surface area contributed by atoms with Crippen LogP contribution in [-0.2, 0) is 17.3 Å². The molecule has 0 radical (unpaired) electrons. The summed E-state index contributed by atoms with van der Waals surface area (Å²) in [4.78, 5) is 0. The number of aryl methyl sites for hydroxylation is 1. The van der Waals surface area contributed by atoms with Gasteiger partial charge in [0, 0.05) is 32.9 Å². The Hall–Kier alpha value is -1.12. The molecule has 0 saturated heterocycles. The van der Waals surface area contributed by atoms with E-state index in [9.17, 15) is 8.42 Å². The first-order valence-corrected chi connectivity index (χ1v) is 7.84. The van der Waals surface area contributed by atoms with E-state index in [2.05, 4.69) is 22.1 Å². The van der Waals surface area contributed by atoms with Crippen molar-refractivity contribution in [2.45, 2.75) is 19.8 Å². The Morgan fingerprint density at radius 1 is 1.42 bits per heavy atom. The van der Waals surface area contributed by atoms with Crippen molar-refractivity contribution in [2.24, 2.45) is 7.05 Å². The quantitative estimate of drug-likeness (QED) is 0.645. The Kier molecular flexibility index (Phi) is 6.26. The first-order valence-electron chi connectivity index (χ1n) is 6.40. The average Bonchev–Trinajstić information content (AvgIpc) is 2.73. The van der Waals surface area contributed by atoms with Crippen LogP contribution in [-0.4, -0.2) is 49.2 Å². The lowest BCUT2D eigenvalue weighted by Crippen LogP contribution is -2.34. The molecule has 0 aliphatic rings. The second-order valence-electron chi connectivity index (χ2n) is 4.41. The fourth-order valence-electron chi connectivity index (χ4n) is 1.53. The highest BCUT2D eigenvalue weighted by Gasteiger charge is 2.17. The lowest BCUT2D eigenvalue weighted by molar-refractivity contribution is 0.458. The number of nitrogens with one attached hydrogen (secondary N) is 2. The summed E-state index contributed by atoms with van der Waals surface area (Å²) in [6, 6.07) is 1.62. The molecule has 0 atom stereocenters. The Labute approximate surface area is 115 Å². The van der Waals surface area contributed by atoms with Crippen LogP contribution < -0.4 is 10.0 Å². The number of aromatic nitrogens is 2. The van der Waals surface area contributed by atoms with Crippen molar-refractivity contribution in [1.82, 2.24) is 19.4 Å². The number of anilines is 1. The SMILES string of the molecule is CCCNCCCN(C)S(=O)(=O)Nc1ccn(C)n1. The van der Waals surface area contributed by atoms with Gasteiger partial charge in [0.1, 0.15) is 0 Å². The molecule has 8 heteroatoms. The summed E-state index contributed by atoms with van der Waals surface area (Å²) in [6.07, 6.45) is 3.54. The third-order valence-electron chi connectivity index (χ3n) is 2.61. The summed E-state index contributed by atoms with van der Waals surface area (Å²) in [5.74, 6) is 0.332. The molecule has 0 bridgehead atoms. The van der Waals surface area contributed by atoms with Gasteiger partial charge in [-0.15, -0.1) is 0 Å². The molecule has 110 valence electrons. The molecule has 1 heterocycles. The summed E-state index contributed by atoms with van der Waals surface area (Å²) in [7, 11) is -0.215. The van der Waals surface area contributed by atoms with E-state index in [-0.39, 0.29) is 0 Å². The second-order valence-corrected chi connectivity index (χ2v) is 6.18. The predicted molar refractivity (Wildman–Crippen MR) is 76.2 cm³/mol. The summed E-state index contributed by atoms with van der Waals surface area (Å²) < 4.78 is 29.2. The fourth-order valence-corrected chi connectivity index (χ4v) is 2.43. The molecule has 0 spiro atoms. The number of hydrogen-bond donors (Lipinski definition) is 2. The van der Waals surface area contributed by atoms with Crippen molar-refractivity contribution in [1.29, 1.82) is 0 Å². The zero-order valence-corrected chi connectivity index (χ0v) is 12.6. The van der Waals surface area contributed by atoms with E-state index >= 15 is 0 Å². The Morgan fingerprint density at radius 2 is 2.16 bits per heavy atom. The minimum absolute atomic E-state index is 0.332. The molecule has 2 N–H and O–H groups in total. The average molecular weight is 289 g/mol. The van der Waals surface area contributed by atoms with Crippen molar-refractivity contribution >= 4 is 16.0 Å². The minimum atomic E-state index is -3.51. The maximum atomic E-state index is 12.0. The summed E-state index contributed by atoms with van der Waals surface area (Å²) >= 11 is 0. The lowest BCUT2D eigenvalue weighted by Gasteiger charge is -2.17. The highest BCUT2D eigenvalue weighted by atomic mass is 32.2. The molecule has 0 unspecified atom stereocenters. The zero-order chi connectivity index (χ0) is 14.3. The molecule has 0 aliphatic carbocycles. The first kappa shape index (κ1) is 15.9. The number of hydrogen-bond acceptors (Lipinski definition) is 4. The monoisotopic (exact) mass is 289 g/mol. The van der Waals surface area contributed by atoms with Gasteiger partial charge in [0.25, 0.3) is 0 Å². The lowest BCUT2D eigenvalue weighted by atomic mass is 10.4. The Bertz CT molecular complexity index is 471. The Balaban J connectivity index is 2.39. The largest absolute Gasteiger partial charge is 0.317 e. The molecule has 0 saturated carbocycles. The first-order chi connectivity index (χ1) is 8.95. The molecule has 1 aromatic rings. The predicted octanol–water partition coefficient (Wildman–Crippen LogP) is 0.398. The van der Waals surface area contributed by atoms with Crippen LogP contribution in [0.5, 0.6) is 0 Å². The van der Waals surface area contributed by atoms with Crippen molar-refractivity contribution in [3.63, 3.8) is 0 Å². The molecule has 1 rings (SSSR count). The smallest absolute Gasteiger partial charge is 0.302 e. The van der Waals surface area contributed by atoms with Crippen LogP contribution in [0.25, 0.3) is 0 Å². The van der Waals surface area contributed by atoms with Crippen LogP contribution in [0.15, 0.2) is 12.3 Å². The maximum absolute atomic E-state index is 12.0. The van der Waals surface area contributed by atoms with Crippen molar-refractivity contribution in [2.75, 3.05) is 31.4 Å². The standard InChI is InChI=1S/C11H23N5O2S/c1-4-7-12-8-5-9-16(3)19(17,18)14-11-6-10-15(2)13-11/h6,10,12H,4-5,7-9H2,1-3H3,(H,13,14). The van der Waals surface area contributed by atoms with Gasteiger partial charge in [-0.25, -0.2) is 0 Å². The second kappa shape index (κ2) is 7.46. The van der Waals surface area contributed by atoms with Gasteiger partial charge in [-0.2, -0.15) is 17.8 Å². The van der Waals surface area contributed by atoms with Crippen LogP contribution in [0, 0.1) is 0 Å². The summed E-state index contributed by atoms with van der Waals surface area (Å²) in [5, 5.41) is 7.22. The van der Waals surface area contributed by atoms with Gasteiger partial charge in [0.05, 0.1) is 0 Å². The summed E-state index contributed by atoms with van der Waals surface area (Å²) in [5.41, 5.74) is 0. The van der Waals surface area contributed by atoms with E-state index in [1.807, 2.05) is 0 Å². The topological polar surface area (TPSA) is 79.3 Å². The Morgan fingerprint density at radius 3 is 2.74 bits per heavy atom. The summed E-state index contributed by atoms with van der Waals surface area (Å²) in [6.45, 7) is 4.35. The molecular weight excluding hydrogens is 266 g/mol. The van der Waals surface area contributed by atoms with Gasteiger partial charge < -0.3 is 5.32 Å². The van der Waals surface area contributed by atoms with Crippen LogP contribution >= 0.6 is 0 Å². The fraction of sp³-hybridized carbons (Fsp3) is 0.727. The molecule has 7 nitrogen and oxygen atoms in total. The van der Waals surface area contributed by atoms with E-state index < -0.39 is 10.2 Å². The van der Waals surface area contributed by atoms with E-state index in [0.717, 1.165) is 25.9 Å². The van der Waals surface area contributed by atoms with Crippen molar-refractivity contribution in [3.8, 4) is 0 Å². The third-order valence-corrected chi connectivity index (χ3v) is 4.08. The van der Waals surface area contributed by atoms with E-state index in [1.165, 1.54) is 4.31 Å². The van der Waals surface area contributed by atoms with E-state index in [4.69, 9.17) is 0 Å². The van der Waals surface area contributed by atoms with Crippen LogP contribution in [0.4, 0.5) is 5.82 Å². The zero-order valence-electron chi connectivity index (χ0n) is 11.8. The third kappa shape index (κ3) is 5.58.